The Morgan fingerprint density at radius 1 is 1.50 bits per heavy atom. The number of nitrogens with one attached hydrogen (secondary N) is 2. The molecule has 0 spiro atoms. The molecule has 1 fully saturated rings. The molecule has 1 aliphatic heterocycles. The summed E-state index contributed by atoms with van der Waals surface area (Å²) >= 11 is 0. The molecule has 0 radical (unpaired) electrons. The van der Waals surface area contributed by atoms with E-state index in [1.165, 1.54) is 0 Å². The zero-order valence-corrected chi connectivity index (χ0v) is 9.01. The molecule has 1 saturated heterocycles. The number of likely N-dealkylation sites (N-methyl/N-ethyl adjacent to an activating group) is 1. The number of hydrogen-bond acceptors (Lipinski definition) is 3. The van der Waals surface area contributed by atoms with Gasteiger partial charge in [0.15, 0.2) is 0 Å². The van der Waals surface area contributed by atoms with Crippen LogP contribution in [0.1, 0.15) is 19.8 Å². The predicted octanol–water partition coefficient (Wildman–Crippen LogP) is 0.137. The first-order valence-electron chi connectivity index (χ1n) is 5.25. The van der Waals surface area contributed by atoms with Crippen LogP contribution in [-0.4, -0.2) is 38.8 Å². The van der Waals surface area contributed by atoms with Crippen LogP contribution in [0.15, 0.2) is 0 Å². The average molecular weight is 200 g/mol. The molecular formula is C10H20N2O2. The molecule has 1 rings (SSSR count). The van der Waals surface area contributed by atoms with Gasteiger partial charge in [-0.15, -0.1) is 0 Å². The molecule has 0 saturated carbocycles. The zero-order valence-electron chi connectivity index (χ0n) is 9.01. The van der Waals surface area contributed by atoms with Crippen LogP contribution in [0.3, 0.4) is 0 Å². The standard InChI is InChI=1S/C10H20N2O2/c1-8(12-7-10(13)11-2)9-3-5-14-6-4-9/h8-9,12H,3-7H2,1-2H3,(H,11,13). The van der Waals surface area contributed by atoms with Crippen LogP contribution in [0.4, 0.5) is 0 Å². The monoisotopic (exact) mass is 200 g/mol. The number of carbonyl (C=O) groups excluding carboxylic acids is 1. The molecule has 0 aromatic heterocycles. The van der Waals surface area contributed by atoms with E-state index in [-0.39, 0.29) is 5.91 Å². The Kier molecular flexibility index (Phi) is 4.90. The van der Waals surface area contributed by atoms with Gasteiger partial charge in [0.25, 0.3) is 0 Å². The summed E-state index contributed by atoms with van der Waals surface area (Å²) in [5.74, 6) is 0.692. The highest BCUT2D eigenvalue weighted by molar-refractivity contribution is 5.77. The van der Waals surface area contributed by atoms with E-state index >= 15 is 0 Å². The molecule has 82 valence electrons. The first-order chi connectivity index (χ1) is 6.74. The fraction of sp³-hybridized carbons (Fsp3) is 0.900. The van der Waals surface area contributed by atoms with Crippen molar-refractivity contribution >= 4 is 5.91 Å². The molecular weight excluding hydrogens is 180 g/mol. The SMILES string of the molecule is CNC(=O)CNC(C)C1CCOCC1. The van der Waals surface area contributed by atoms with Crippen LogP contribution in [0.5, 0.6) is 0 Å². The van der Waals surface area contributed by atoms with Gasteiger partial charge in [-0.1, -0.05) is 0 Å². The van der Waals surface area contributed by atoms with E-state index in [1.54, 1.807) is 7.05 Å². The van der Waals surface area contributed by atoms with Gasteiger partial charge in [0, 0.05) is 26.3 Å². The fourth-order valence-corrected chi connectivity index (χ4v) is 1.72. The molecule has 1 amide bonds. The topological polar surface area (TPSA) is 50.4 Å². The third-order valence-corrected chi connectivity index (χ3v) is 2.84. The molecule has 1 aliphatic rings. The van der Waals surface area contributed by atoms with E-state index in [4.69, 9.17) is 4.74 Å². The normalized spacial score (nSPS) is 20.4. The van der Waals surface area contributed by atoms with Crippen molar-refractivity contribution in [2.45, 2.75) is 25.8 Å². The van der Waals surface area contributed by atoms with E-state index in [0.717, 1.165) is 26.1 Å². The Hall–Kier alpha value is -0.610. The lowest BCUT2D eigenvalue weighted by molar-refractivity contribution is -0.119. The van der Waals surface area contributed by atoms with Gasteiger partial charge in [0.2, 0.25) is 5.91 Å². The minimum atomic E-state index is 0.0453. The molecule has 0 aromatic carbocycles. The molecule has 4 nitrogen and oxygen atoms in total. The van der Waals surface area contributed by atoms with Crippen molar-refractivity contribution in [1.29, 1.82) is 0 Å². The van der Waals surface area contributed by atoms with Crippen LogP contribution in [0, 0.1) is 5.92 Å². The lowest BCUT2D eigenvalue weighted by Crippen LogP contribution is -2.41. The minimum Gasteiger partial charge on any atom is -0.381 e. The van der Waals surface area contributed by atoms with E-state index in [9.17, 15) is 4.79 Å². The van der Waals surface area contributed by atoms with Crippen LogP contribution in [0.25, 0.3) is 0 Å². The highest BCUT2D eigenvalue weighted by Gasteiger charge is 2.20. The Morgan fingerprint density at radius 2 is 2.14 bits per heavy atom. The smallest absolute Gasteiger partial charge is 0.233 e. The van der Waals surface area contributed by atoms with Crippen LogP contribution in [0.2, 0.25) is 0 Å². The summed E-state index contributed by atoms with van der Waals surface area (Å²) < 4.78 is 5.29. The maximum Gasteiger partial charge on any atom is 0.233 e. The fourth-order valence-electron chi connectivity index (χ4n) is 1.72. The number of amides is 1. The lowest BCUT2D eigenvalue weighted by atomic mass is 9.93. The van der Waals surface area contributed by atoms with Crippen molar-refractivity contribution in [3.8, 4) is 0 Å². The van der Waals surface area contributed by atoms with Crippen molar-refractivity contribution < 1.29 is 9.53 Å². The molecule has 0 aliphatic carbocycles. The van der Waals surface area contributed by atoms with Gasteiger partial charge in [0.1, 0.15) is 0 Å². The Bertz CT molecular complexity index is 179. The van der Waals surface area contributed by atoms with Crippen LogP contribution < -0.4 is 10.6 Å². The number of carbonyl (C=O) groups is 1. The summed E-state index contributed by atoms with van der Waals surface area (Å²) in [5.41, 5.74) is 0. The average Bonchev–Trinajstić information content (AvgIpc) is 2.26. The maximum atomic E-state index is 11.0. The number of rotatable bonds is 4. The first-order valence-corrected chi connectivity index (χ1v) is 5.25. The molecule has 4 heteroatoms. The van der Waals surface area contributed by atoms with Crippen molar-refractivity contribution in [3.63, 3.8) is 0 Å². The number of hydrogen-bond donors (Lipinski definition) is 2. The zero-order chi connectivity index (χ0) is 10.4. The van der Waals surface area contributed by atoms with Gasteiger partial charge < -0.3 is 15.4 Å². The van der Waals surface area contributed by atoms with Gasteiger partial charge in [-0.25, -0.2) is 0 Å². The Morgan fingerprint density at radius 3 is 2.71 bits per heavy atom. The summed E-state index contributed by atoms with van der Waals surface area (Å²) in [5, 5.41) is 5.83. The Balaban J connectivity index is 2.19. The van der Waals surface area contributed by atoms with Gasteiger partial charge >= 0.3 is 0 Å². The minimum absolute atomic E-state index is 0.0453. The van der Waals surface area contributed by atoms with Crippen molar-refractivity contribution in [2.75, 3.05) is 26.8 Å². The quantitative estimate of drug-likeness (QED) is 0.678. The molecule has 1 unspecified atom stereocenters. The molecule has 1 heterocycles. The summed E-state index contributed by atoms with van der Waals surface area (Å²) in [4.78, 5) is 11.0. The van der Waals surface area contributed by atoms with Crippen molar-refractivity contribution in [3.05, 3.63) is 0 Å². The van der Waals surface area contributed by atoms with E-state index in [0.29, 0.717) is 18.5 Å². The maximum absolute atomic E-state index is 11.0. The van der Waals surface area contributed by atoms with E-state index in [2.05, 4.69) is 17.6 Å². The van der Waals surface area contributed by atoms with Gasteiger partial charge in [-0.05, 0) is 25.7 Å². The second-order valence-corrected chi connectivity index (χ2v) is 3.79. The lowest BCUT2D eigenvalue weighted by Gasteiger charge is -2.28. The molecule has 14 heavy (non-hydrogen) atoms. The van der Waals surface area contributed by atoms with Crippen LogP contribution in [-0.2, 0) is 9.53 Å². The summed E-state index contributed by atoms with van der Waals surface area (Å²) in [6, 6.07) is 0.399. The number of ether oxygens (including phenoxy) is 1. The second-order valence-electron chi connectivity index (χ2n) is 3.79. The predicted molar refractivity (Wildman–Crippen MR) is 55.1 cm³/mol. The largest absolute Gasteiger partial charge is 0.381 e. The van der Waals surface area contributed by atoms with Crippen molar-refractivity contribution in [1.82, 2.24) is 10.6 Å². The molecule has 0 bridgehead atoms. The third-order valence-electron chi connectivity index (χ3n) is 2.84. The highest BCUT2D eigenvalue weighted by Crippen LogP contribution is 2.18. The molecule has 0 aromatic rings. The highest BCUT2D eigenvalue weighted by atomic mass is 16.5. The molecule has 1 atom stereocenters. The van der Waals surface area contributed by atoms with E-state index < -0.39 is 0 Å². The second kappa shape index (κ2) is 5.98. The van der Waals surface area contributed by atoms with Gasteiger partial charge in [-0.3, -0.25) is 4.79 Å². The van der Waals surface area contributed by atoms with E-state index in [1.807, 2.05) is 0 Å². The van der Waals surface area contributed by atoms with Crippen molar-refractivity contribution in [2.24, 2.45) is 5.92 Å². The third kappa shape index (κ3) is 3.64. The summed E-state index contributed by atoms with van der Waals surface area (Å²) in [7, 11) is 1.66. The first kappa shape index (κ1) is 11.5. The van der Waals surface area contributed by atoms with Crippen LogP contribution >= 0.6 is 0 Å². The van der Waals surface area contributed by atoms with Gasteiger partial charge in [-0.2, -0.15) is 0 Å². The summed E-state index contributed by atoms with van der Waals surface area (Å²) in [6.45, 7) is 4.27. The van der Waals surface area contributed by atoms with Gasteiger partial charge in [0.05, 0.1) is 6.54 Å². The Labute approximate surface area is 85.4 Å². The molecule has 2 N–H and O–H groups in total. The summed E-state index contributed by atoms with van der Waals surface area (Å²) in [6.07, 6.45) is 2.20.